The minimum absolute atomic E-state index is 0. The molecule has 4 heteroatoms. The van der Waals surface area contributed by atoms with Gasteiger partial charge in [-0.3, -0.25) is 0 Å². The summed E-state index contributed by atoms with van der Waals surface area (Å²) in [4.78, 5) is 13.3. The summed E-state index contributed by atoms with van der Waals surface area (Å²) in [5.41, 5.74) is 4.48. The van der Waals surface area contributed by atoms with Gasteiger partial charge in [-0.15, -0.1) is 0 Å². The van der Waals surface area contributed by atoms with E-state index in [1.165, 1.54) is 11.1 Å². The molecule has 0 bridgehead atoms. The molecule has 0 aliphatic heterocycles. The van der Waals surface area contributed by atoms with Crippen LogP contribution >= 0.6 is 0 Å². The Bertz CT molecular complexity index is 557. The van der Waals surface area contributed by atoms with Crippen LogP contribution in [0.4, 0.5) is 5.69 Å². The topological polar surface area (TPSA) is 38.1 Å². The predicted molar refractivity (Wildman–Crippen MR) is 79.1 cm³/mol. The number of benzene rings is 1. The van der Waals surface area contributed by atoms with Gasteiger partial charge in [-0.1, -0.05) is 32.0 Å². The van der Waals surface area contributed by atoms with Gasteiger partial charge in [0.05, 0.1) is 11.4 Å². The van der Waals surface area contributed by atoms with Crippen LogP contribution in [0.15, 0.2) is 41.7 Å². The van der Waals surface area contributed by atoms with Gasteiger partial charge in [-0.2, -0.15) is 0 Å². The first-order valence-corrected chi connectivity index (χ1v) is 6.69. The van der Waals surface area contributed by atoms with Crippen molar-refractivity contribution in [3.63, 3.8) is 0 Å². The zero-order chi connectivity index (χ0) is 13.7. The van der Waals surface area contributed by atoms with E-state index in [4.69, 9.17) is 4.99 Å². The summed E-state index contributed by atoms with van der Waals surface area (Å²) in [6.07, 6.45) is 5.45. The Kier molecular flexibility index (Phi) is 6.53. The average Bonchev–Trinajstić information content (AvgIpc) is 2.48. The van der Waals surface area contributed by atoms with Crippen LogP contribution in [0.5, 0.6) is 0 Å². The number of hydrogen-bond donors (Lipinski definition) is 0. The Labute approximate surface area is 130 Å². The standard InChI is InChI=1S/C16H19N3.Ni/c1-4-13-8-6-9-14(5-2)15(13)19-12(3)16-17-10-7-11-18-16;/h6-11H,4-5H2,1-3H3;/q;+2. The van der Waals surface area contributed by atoms with E-state index in [1.54, 1.807) is 12.4 Å². The van der Waals surface area contributed by atoms with Crippen molar-refractivity contribution in [2.45, 2.75) is 33.6 Å². The Morgan fingerprint density at radius 3 is 2.05 bits per heavy atom. The summed E-state index contributed by atoms with van der Waals surface area (Å²) in [5, 5.41) is 0. The second kappa shape index (κ2) is 7.91. The van der Waals surface area contributed by atoms with Gasteiger partial charge in [-0.25, -0.2) is 15.0 Å². The maximum Gasteiger partial charge on any atom is 2.00 e. The third kappa shape index (κ3) is 3.74. The van der Waals surface area contributed by atoms with Crippen LogP contribution in [0, 0.1) is 0 Å². The molecule has 0 amide bonds. The molecular weight excluding hydrogens is 293 g/mol. The molecule has 0 radical (unpaired) electrons. The second-order valence-electron chi connectivity index (χ2n) is 4.40. The van der Waals surface area contributed by atoms with Crippen LogP contribution < -0.4 is 0 Å². The minimum Gasteiger partial charge on any atom is -0.249 e. The number of aromatic nitrogens is 2. The molecule has 1 aromatic carbocycles. The molecule has 1 aromatic heterocycles. The molecule has 0 atom stereocenters. The van der Waals surface area contributed by atoms with Crippen LogP contribution in [0.2, 0.25) is 0 Å². The summed E-state index contributed by atoms with van der Waals surface area (Å²) >= 11 is 0. The number of para-hydroxylation sites is 1. The van der Waals surface area contributed by atoms with Gasteiger partial charge in [-0.05, 0) is 37.0 Å². The van der Waals surface area contributed by atoms with Crippen molar-refractivity contribution in [3.8, 4) is 0 Å². The van der Waals surface area contributed by atoms with Gasteiger partial charge in [0.25, 0.3) is 0 Å². The predicted octanol–water partition coefficient (Wildman–Crippen LogP) is 3.74. The first-order chi connectivity index (χ1) is 9.26. The quantitative estimate of drug-likeness (QED) is 0.637. The maximum absolute atomic E-state index is 4.76. The molecule has 0 saturated heterocycles. The summed E-state index contributed by atoms with van der Waals surface area (Å²) in [5.74, 6) is 0.690. The molecule has 0 aliphatic rings. The van der Waals surface area contributed by atoms with Gasteiger partial charge in [0.2, 0.25) is 0 Å². The third-order valence-corrected chi connectivity index (χ3v) is 3.13. The van der Waals surface area contributed by atoms with E-state index in [1.807, 2.05) is 13.0 Å². The van der Waals surface area contributed by atoms with Crippen molar-refractivity contribution in [2.24, 2.45) is 4.99 Å². The van der Waals surface area contributed by atoms with E-state index in [-0.39, 0.29) is 16.5 Å². The van der Waals surface area contributed by atoms with Crippen LogP contribution in [-0.4, -0.2) is 15.7 Å². The number of nitrogens with zero attached hydrogens (tertiary/aromatic N) is 3. The second-order valence-corrected chi connectivity index (χ2v) is 4.40. The zero-order valence-corrected chi connectivity index (χ0v) is 13.0. The van der Waals surface area contributed by atoms with Crippen molar-refractivity contribution < 1.29 is 16.5 Å². The number of aliphatic imine (C=N–C) groups is 1. The van der Waals surface area contributed by atoms with Gasteiger partial charge < -0.3 is 0 Å². The van der Waals surface area contributed by atoms with Crippen LogP contribution in [0.1, 0.15) is 37.7 Å². The molecule has 0 saturated carbocycles. The molecule has 0 N–H and O–H groups in total. The van der Waals surface area contributed by atoms with E-state index < -0.39 is 0 Å². The fourth-order valence-corrected chi connectivity index (χ4v) is 2.06. The molecule has 20 heavy (non-hydrogen) atoms. The average molecular weight is 312 g/mol. The van der Waals surface area contributed by atoms with Crippen LogP contribution in [0.25, 0.3) is 0 Å². The Hall–Kier alpha value is -1.54. The first-order valence-electron chi connectivity index (χ1n) is 6.69. The largest absolute Gasteiger partial charge is 2.00 e. The molecule has 2 aromatic rings. The van der Waals surface area contributed by atoms with E-state index in [0.29, 0.717) is 5.82 Å². The summed E-state index contributed by atoms with van der Waals surface area (Å²) in [6.45, 7) is 6.27. The van der Waals surface area contributed by atoms with E-state index in [0.717, 1.165) is 24.2 Å². The molecule has 0 unspecified atom stereocenters. The van der Waals surface area contributed by atoms with E-state index in [9.17, 15) is 0 Å². The van der Waals surface area contributed by atoms with Crippen molar-refractivity contribution in [2.75, 3.05) is 0 Å². The van der Waals surface area contributed by atoms with E-state index in [2.05, 4.69) is 42.0 Å². The van der Waals surface area contributed by atoms with Crippen LogP contribution in [0.3, 0.4) is 0 Å². The molecular formula is C16H19N3Ni+2. The number of rotatable bonds is 4. The Balaban J connectivity index is 0.00000200. The van der Waals surface area contributed by atoms with Gasteiger partial charge >= 0.3 is 16.5 Å². The van der Waals surface area contributed by atoms with Gasteiger partial charge in [0.1, 0.15) is 0 Å². The molecule has 0 fully saturated rings. The molecule has 1 heterocycles. The zero-order valence-electron chi connectivity index (χ0n) is 12.0. The monoisotopic (exact) mass is 311 g/mol. The van der Waals surface area contributed by atoms with Crippen LogP contribution in [-0.2, 0) is 29.3 Å². The van der Waals surface area contributed by atoms with Gasteiger partial charge in [0.15, 0.2) is 5.82 Å². The summed E-state index contributed by atoms with van der Waals surface area (Å²) in [7, 11) is 0. The molecule has 3 nitrogen and oxygen atoms in total. The molecule has 0 spiro atoms. The summed E-state index contributed by atoms with van der Waals surface area (Å²) < 4.78 is 0. The van der Waals surface area contributed by atoms with Crippen molar-refractivity contribution in [1.82, 2.24) is 9.97 Å². The number of hydrogen-bond acceptors (Lipinski definition) is 3. The molecule has 106 valence electrons. The molecule has 0 aliphatic carbocycles. The SMILES string of the molecule is CCc1cccc(CC)c1N=C(C)c1ncccn1.[Ni+2]. The minimum atomic E-state index is 0. The summed E-state index contributed by atoms with van der Waals surface area (Å²) in [6, 6.07) is 8.19. The van der Waals surface area contributed by atoms with E-state index >= 15 is 0 Å². The molecule has 2 rings (SSSR count). The fraction of sp³-hybridized carbons (Fsp3) is 0.312. The maximum atomic E-state index is 4.76. The third-order valence-electron chi connectivity index (χ3n) is 3.13. The van der Waals surface area contributed by atoms with Crippen molar-refractivity contribution >= 4 is 11.4 Å². The normalized spacial score (nSPS) is 11.1. The Morgan fingerprint density at radius 2 is 1.55 bits per heavy atom. The van der Waals surface area contributed by atoms with Gasteiger partial charge in [0, 0.05) is 12.4 Å². The fourth-order valence-electron chi connectivity index (χ4n) is 2.06. The first kappa shape index (κ1) is 16.5. The van der Waals surface area contributed by atoms with Crippen molar-refractivity contribution in [1.29, 1.82) is 0 Å². The number of aryl methyl sites for hydroxylation is 2. The van der Waals surface area contributed by atoms with Crippen molar-refractivity contribution in [3.05, 3.63) is 53.6 Å². The Morgan fingerprint density at radius 1 is 1.00 bits per heavy atom. The smallest absolute Gasteiger partial charge is 0.249 e.